The van der Waals surface area contributed by atoms with Crippen LogP contribution in [0, 0.1) is 12.8 Å². The molecule has 0 N–H and O–H groups in total. The number of hydrogen-bond acceptors (Lipinski definition) is 2. The third-order valence-corrected chi connectivity index (χ3v) is 3.82. The molecule has 0 spiro atoms. The standard InChI is InChI=1S/C17H25NO/c1-13(2)11-17(19)15-8-7-14(3)16(12-15)18-9-5-4-6-10-18/h7-8,12-13H,4-6,9-11H2,1-3H3. The van der Waals surface area contributed by atoms with Gasteiger partial charge in [0.25, 0.3) is 0 Å². The molecule has 1 aliphatic rings. The van der Waals surface area contributed by atoms with Crippen molar-refractivity contribution < 1.29 is 4.79 Å². The summed E-state index contributed by atoms with van der Waals surface area (Å²) in [6.07, 6.45) is 4.51. The maximum atomic E-state index is 12.2. The van der Waals surface area contributed by atoms with Crippen LogP contribution < -0.4 is 4.90 Å². The van der Waals surface area contributed by atoms with Gasteiger partial charge in [0.2, 0.25) is 0 Å². The maximum Gasteiger partial charge on any atom is 0.163 e. The summed E-state index contributed by atoms with van der Waals surface area (Å²) in [6, 6.07) is 6.18. The number of aryl methyl sites for hydroxylation is 1. The molecular formula is C17H25NO. The summed E-state index contributed by atoms with van der Waals surface area (Å²) in [5.41, 5.74) is 3.41. The van der Waals surface area contributed by atoms with Crippen LogP contribution in [0.5, 0.6) is 0 Å². The molecule has 0 aliphatic carbocycles. The Morgan fingerprint density at radius 2 is 1.89 bits per heavy atom. The molecule has 1 aliphatic heterocycles. The van der Waals surface area contributed by atoms with Gasteiger partial charge in [-0.15, -0.1) is 0 Å². The van der Waals surface area contributed by atoms with Crippen molar-refractivity contribution >= 4 is 11.5 Å². The lowest BCUT2D eigenvalue weighted by atomic mass is 9.98. The number of nitrogens with zero attached hydrogens (tertiary/aromatic N) is 1. The zero-order valence-electron chi connectivity index (χ0n) is 12.4. The van der Waals surface area contributed by atoms with E-state index in [-0.39, 0.29) is 5.78 Å². The van der Waals surface area contributed by atoms with E-state index in [0.29, 0.717) is 12.3 Å². The molecule has 2 nitrogen and oxygen atoms in total. The molecule has 1 saturated heterocycles. The summed E-state index contributed by atoms with van der Waals surface area (Å²) in [5, 5.41) is 0. The first-order valence-corrected chi connectivity index (χ1v) is 7.46. The van der Waals surface area contributed by atoms with Crippen LogP contribution >= 0.6 is 0 Å². The number of Topliss-reactive ketones (excluding diaryl/α,β-unsaturated/α-hetero) is 1. The maximum absolute atomic E-state index is 12.2. The topological polar surface area (TPSA) is 20.3 Å². The predicted molar refractivity (Wildman–Crippen MR) is 81.0 cm³/mol. The van der Waals surface area contributed by atoms with Crippen LogP contribution in [0.25, 0.3) is 0 Å². The second-order valence-electron chi connectivity index (χ2n) is 6.07. The normalized spacial score (nSPS) is 15.9. The molecule has 0 amide bonds. The summed E-state index contributed by atoms with van der Waals surface area (Å²) in [7, 11) is 0. The zero-order chi connectivity index (χ0) is 13.8. The van der Waals surface area contributed by atoms with Gasteiger partial charge in [0.1, 0.15) is 0 Å². The Kier molecular flexibility index (Phi) is 4.62. The van der Waals surface area contributed by atoms with E-state index in [9.17, 15) is 4.79 Å². The van der Waals surface area contributed by atoms with Crippen LogP contribution in [-0.2, 0) is 0 Å². The average molecular weight is 259 g/mol. The molecule has 0 atom stereocenters. The minimum atomic E-state index is 0.272. The van der Waals surface area contributed by atoms with Gasteiger partial charge in [-0.2, -0.15) is 0 Å². The van der Waals surface area contributed by atoms with E-state index in [1.165, 1.54) is 30.5 Å². The van der Waals surface area contributed by atoms with Gasteiger partial charge >= 0.3 is 0 Å². The lowest BCUT2D eigenvalue weighted by molar-refractivity contribution is 0.0968. The highest BCUT2D eigenvalue weighted by Gasteiger charge is 2.15. The molecule has 2 rings (SSSR count). The smallest absolute Gasteiger partial charge is 0.163 e. The highest BCUT2D eigenvalue weighted by atomic mass is 16.1. The Morgan fingerprint density at radius 3 is 2.53 bits per heavy atom. The fourth-order valence-corrected chi connectivity index (χ4v) is 2.75. The summed E-state index contributed by atoms with van der Waals surface area (Å²) < 4.78 is 0. The minimum absolute atomic E-state index is 0.272. The van der Waals surface area contributed by atoms with Crippen molar-refractivity contribution in [2.24, 2.45) is 5.92 Å². The van der Waals surface area contributed by atoms with Crippen molar-refractivity contribution in [3.8, 4) is 0 Å². The number of ketones is 1. The molecule has 1 heterocycles. The molecule has 0 bridgehead atoms. The fourth-order valence-electron chi connectivity index (χ4n) is 2.75. The monoisotopic (exact) mass is 259 g/mol. The van der Waals surface area contributed by atoms with Gasteiger partial charge < -0.3 is 4.90 Å². The first kappa shape index (κ1) is 14.1. The van der Waals surface area contributed by atoms with Crippen molar-refractivity contribution in [2.75, 3.05) is 18.0 Å². The quantitative estimate of drug-likeness (QED) is 0.755. The first-order chi connectivity index (χ1) is 9.08. The number of rotatable bonds is 4. The summed E-state index contributed by atoms with van der Waals surface area (Å²) >= 11 is 0. The van der Waals surface area contributed by atoms with E-state index in [1.54, 1.807) is 0 Å². The van der Waals surface area contributed by atoms with Crippen LogP contribution in [0.1, 0.15) is 55.5 Å². The van der Waals surface area contributed by atoms with Gasteiger partial charge in [-0.1, -0.05) is 26.0 Å². The number of hydrogen-bond donors (Lipinski definition) is 0. The van der Waals surface area contributed by atoms with Crippen molar-refractivity contribution in [3.05, 3.63) is 29.3 Å². The largest absolute Gasteiger partial charge is 0.371 e. The van der Waals surface area contributed by atoms with E-state index in [2.05, 4.69) is 37.8 Å². The number of carbonyl (C=O) groups is 1. The molecule has 1 fully saturated rings. The van der Waals surface area contributed by atoms with Crippen LogP contribution in [0.3, 0.4) is 0 Å². The second-order valence-corrected chi connectivity index (χ2v) is 6.07. The Hall–Kier alpha value is -1.31. The minimum Gasteiger partial charge on any atom is -0.371 e. The van der Waals surface area contributed by atoms with E-state index in [0.717, 1.165) is 18.7 Å². The predicted octanol–water partition coefficient (Wildman–Crippen LogP) is 4.21. The molecule has 19 heavy (non-hydrogen) atoms. The molecule has 0 saturated carbocycles. The van der Waals surface area contributed by atoms with Crippen molar-refractivity contribution in [2.45, 2.75) is 46.5 Å². The Balaban J connectivity index is 2.21. The van der Waals surface area contributed by atoms with Crippen LogP contribution in [0.15, 0.2) is 18.2 Å². The number of anilines is 1. The molecule has 1 aromatic carbocycles. The fraction of sp³-hybridized carbons (Fsp3) is 0.588. The molecular weight excluding hydrogens is 234 g/mol. The van der Waals surface area contributed by atoms with Crippen molar-refractivity contribution in [3.63, 3.8) is 0 Å². The van der Waals surface area contributed by atoms with Crippen LogP contribution in [-0.4, -0.2) is 18.9 Å². The SMILES string of the molecule is Cc1ccc(C(=O)CC(C)C)cc1N1CCCCC1. The second kappa shape index (κ2) is 6.23. The highest BCUT2D eigenvalue weighted by molar-refractivity contribution is 5.97. The van der Waals surface area contributed by atoms with Crippen LogP contribution in [0.4, 0.5) is 5.69 Å². The van der Waals surface area contributed by atoms with E-state index < -0.39 is 0 Å². The van der Waals surface area contributed by atoms with Gasteiger partial charge in [-0.3, -0.25) is 4.79 Å². The molecule has 0 aromatic heterocycles. The third kappa shape index (κ3) is 3.59. The molecule has 104 valence electrons. The van der Waals surface area contributed by atoms with Gasteiger partial charge in [0.15, 0.2) is 5.78 Å². The van der Waals surface area contributed by atoms with Gasteiger partial charge in [-0.05, 0) is 43.7 Å². The van der Waals surface area contributed by atoms with Crippen molar-refractivity contribution in [1.29, 1.82) is 0 Å². The molecule has 2 heteroatoms. The van der Waals surface area contributed by atoms with E-state index in [1.807, 2.05) is 6.07 Å². The van der Waals surface area contributed by atoms with Crippen LogP contribution in [0.2, 0.25) is 0 Å². The lowest BCUT2D eigenvalue weighted by Crippen LogP contribution is -2.30. The van der Waals surface area contributed by atoms with Gasteiger partial charge in [-0.25, -0.2) is 0 Å². The summed E-state index contributed by atoms with van der Waals surface area (Å²) in [6.45, 7) is 8.58. The number of benzene rings is 1. The molecule has 1 aromatic rings. The molecule has 0 radical (unpaired) electrons. The van der Waals surface area contributed by atoms with E-state index in [4.69, 9.17) is 0 Å². The van der Waals surface area contributed by atoms with E-state index >= 15 is 0 Å². The Labute approximate surface area is 116 Å². The summed E-state index contributed by atoms with van der Waals surface area (Å²) in [5.74, 6) is 0.695. The lowest BCUT2D eigenvalue weighted by Gasteiger charge is -2.30. The average Bonchev–Trinajstić information content (AvgIpc) is 2.39. The zero-order valence-corrected chi connectivity index (χ0v) is 12.4. The number of piperidine rings is 1. The highest BCUT2D eigenvalue weighted by Crippen LogP contribution is 2.26. The van der Waals surface area contributed by atoms with Gasteiger partial charge in [0.05, 0.1) is 0 Å². The number of carbonyl (C=O) groups excluding carboxylic acids is 1. The van der Waals surface area contributed by atoms with Crippen molar-refractivity contribution in [1.82, 2.24) is 0 Å². The first-order valence-electron chi connectivity index (χ1n) is 7.46. The Bertz CT molecular complexity index is 445. The summed E-state index contributed by atoms with van der Waals surface area (Å²) in [4.78, 5) is 14.6. The third-order valence-electron chi connectivity index (χ3n) is 3.82. The Morgan fingerprint density at radius 1 is 1.21 bits per heavy atom. The molecule has 0 unspecified atom stereocenters. The van der Waals surface area contributed by atoms with Gasteiger partial charge in [0, 0.05) is 30.8 Å².